The fraction of sp³-hybridized carbons (Fsp3) is 0.200. The Balaban J connectivity index is 2.24. The molecule has 0 aliphatic heterocycles. The van der Waals surface area contributed by atoms with Gasteiger partial charge in [0.25, 0.3) is 0 Å². The molecule has 1 unspecified atom stereocenters. The molecular weight excluding hydrogens is 275 g/mol. The minimum Gasteiger partial charge on any atom is -0.497 e. The smallest absolute Gasteiger partial charge is 0.327 e. The number of methoxy groups -OCH3 is 1. The normalized spacial score (nSPS) is 11.8. The summed E-state index contributed by atoms with van der Waals surface area (Å²) in [6.45, 7) is 1.84. The van der Waals surface area contributed by atoms with Crippen molar-refractivity contribution >= 4 is 11.4 Å². The molecule has 5 nitrogen and oxygen atoms in total. The van der Waals surface area contributed by atoms with Crippen LogP contribution in [0.1, 0.15) is 18.5 Å². The van der Waals surface area contributed by atoms with Crippen molar-refractivity contribution in [3.05, 3.63) is 64.0 Å². The highest BCUT2D eigenvalue weighted by molar-refractivity contribution is 5.62. The van der Waals surface area contributed by atoms with E-state index >= 15 is 0 Å². The summed E-state index contributed by atoms with van der Waals surface area (Å²) in [5.41, 5.74) is 0.524. The Bertz CT molecular complexity index is 644. The summed E-state index contributed by atoms with van der Waals surface area (Å²) in [7, 11) is 1.58. The van der Waals surface area contributed by atoms with Crippen LogP contribution in [-0.2, 0) is 0 Å². The highest BCUT2D eigenvalue weighted by Crippen LogP contribution is 2.30. The lowest BCUT2D eigenvalue weighted by Crippen LogP contribution is -2.09. The van der Waals surface area contributed by atoms with E-state index in [0.717, 1.165) is 17.4 Å². The Morgan fingerprint density at radius 2 is 1.90 bits per heavy atom. The molecule has 0 fully saturated rings. The van der Waals surface area contributed by atoms with Gasteiger partial charge >= 0.3 is 5.69 Å². The first-order chi connectivity index (χ1) is 10.0. The Morgan fingerprint density at radius 3 is 2.48 bits per heavy atom. The summed E-state index contributed by atoms with van der Waals surface area (Å²) >= 11 is 0. The van der Waals surface area contributed by atoms with Crippen LogP contribution in [0.4, 0.5) is 15.8 Å². The van der Waals surface area contributed by atoms with Gasteiger partial charge in [-0.15, -0.1) is 0 Å². The van der Waals surface area contributed by atoms with Gasteiger partial charge in [0.15, 0.2) is 0 Å². The number of anilines is 1. The lowest BCUT2D eigenvalue weighted by atomic mass is 10.1. The molecule has 6 heteroatoms. The maximum absolute atomic E-state index is 13.6. The lowest BCUT2D eigenvalue weighted by molar-refractivity contribution is -0.386. The van der Waals surface area contributed by atoms with Crippen LogP contribution in [0.25, 0.3) is 0 Å². The van der Waals surface area contributed by atoms with Crippen molar-refractivity contribution in [2.45, 2.75) is 13.0 Å². The number of nitrogens with zero attached hydrogens (tertiary/aromatic N) is 1. The largest absolute Gasteiger partial charge is 0.497 e. The van der Waals surface area contributed by atoms with Crippen LogP contribution in [0.15, 0.2) is 42.5 Å². The maximum atomic E-state index is 13.6. The van der Waals surface area contributed by atoms with Gasteiger partial charge in [0.1, 0.15) is 11.4 Å². The number of hydrogen-bond donors (Lipinski definition) is 1. The first-order valence-corrected chi connectivity index (χ1v) is 6.36. The average Bonchev–Trinajstić information content (AvgIpc) is 2.47. The fourth-order valence-corrected chi connectivity index (χ4v) is 2.03. The highest BCUT2D eigenvalue weighted by atomic mass is 19.1. The van der Waals surface area contributed by atoms with E-state index in [4.69, 9.17) is 4.74 Å². The van der Waals surface area contributed by atoms with Crippen molar-refractivity contribution < 1.29 is 14.1 Å². The molecule has 0 amide bonds. The zero-order chi connectivity index (χ0) is 15.4. The van der Waals surface area contributed by atoms with Crippen molar-refractivity contribution in [2.24, 2.45) is 0 Å². The second-order valence-electron chi connectivity index (χ2n) is 4.53. The molecule has 0 saturated heterocycles. The molecule has 110 valence electrons. The molecule has 0 heterocycles. The molecule has 2 aromatic rings. The number of nitro benzene ring substituents is 1. The van der Waals surface area contributed by atoms with Crippen LogP contribution in [0.3, 0.4) is 0 Å². The zero-order valence-electron chi connectivity index (χ0n) is 11.7. The second kappa shape index (κ2) is 6.21. The van der Waals surface area contributed by atoms with E-state index in [1.807, 2.05) is 19.1 Å². The summed E-state index contributed by atoms with van der Waals surface area (Å²) in [4.78, 5) is 10.2. The second-order valence-corrected chi connectivity index (χ2v) is 4.53. The van der Waals surface area contributed by atoms with E-state index in [0.29, 0.717) is 0 Å². The SMILES string of the molecule is COc1ccc(C(C)Nc2cccc(F)c2[N+](=O)[O-])cc1. The first-order valence-electron chi connectivity index (χ1n) is 6.36. The van der Waals surface area contributed by atoms with Crippen LogP contribution in [-0.4, -0.2) is 12.0 Å². The van der Waals surface area contributed by atoms with Gasteiger partial charge in [-0.25, -0.2) is 0 Å². The third-order valence-electron chi connectivity index (χ3n) is 3.16. The molecule has 0 aliphatic carbocycles. The Labute approximate surface area is 121 Å². The van der Waals surface area contributed by atoms with E-state index in [1.165, 1.54) is 12.1 Å². The zero-order valence-corrected chi connectivity index (χ0v) is 11.7. The molecule has 2 rings (SSSR count). The third kappa shape index (κ3) is 3.28. The summed E-state index contributed by atoms with van der Waals surface area (Å²) in [5, 5.41) is 13.9. The molecular formula is C15H15FN2O3. The lowest BCUT2D eigenvalue weighted by Gasteiger charge is -2.16. The topological polar surface area (TPSA) is 64.4 Å². The summed E-state index contributed by atoms with van der Waals surface area (Å²) < 4.78 is 18.6. The van der Waals surface area contributed by atoms with Crippen molar-refractivity contribution in [3.63, 3.8) is 0 Å². The number of benzene rings is 2. The molecule has 0 spiro atoms. The quantitative estimate of drug-likeness (QED) is 0.669. The van der Waals surface area contributed by atoms with Gasteiger partial charge in [-0.2, -0.15) is 4.39 Å². The number of halogens is 1. The van der Waals surface area contributed by atoms with Crippen LogP contribution in [0, 0.1) is 15.9 Å². The molecule has 0 bridgehead atoms. The minimum absolute atomic E-state index is 0.156. The highest BCUT2D eigenvalue weighted by Gasteiger charge is 2.21. The molecule has 0 saturated carbocycles. The van der Waals surface area contributed by atoms with Gasteiger partial charge in [-0.3, -0.25) is 10.1 Å². The number of para-hydroxylation sites is 1. The monoisotopic (exact) mass is 290 g/mol. The van der Waals surface area contributed by atoms with Gasteiger partial charge in [0.2, 0.25) is 5.82 Å². The Morgan fingerprint density at radius 1 is 1.24 bits per heavy atom. The van der Waals surface area contributed by atoms with Gasteiger partial charge in [-0.1, -0.05) is 18.2 Å². The Hall–Kier alpha value is -2.63. The summed E-state index contributed by atoms with van der Waals surface area (Å²) in [5.74, 6) is -0.130. The third-order valence-corrected chi connectivity index (χ3v) is 3.16. The Kier molecular flexibility index (Phi) is 4.37. The van der Waals surface area contributed by atoms with Crippen molar-refractivity contribution in [3.8, 4) is 5.75 Å². The molecule has 1 N–H and O–H groups in total. The molecule has 2 aromatic carbocycles. The number of nitrogens with one attached hydrogen (secondary N) is 1. The minimum atomic E-state index is -0.855. The van der Waals surface area contributed by atoms with Gasteiger partial charge in [-0.05, 0) is 36.8 Å². The molecule has 21 heavy (non-hydrogen) atoms. The molecule has 0 radical (unpaired) electrons. The number of rotatable bonds is 5. The van der Waals surface area contributed by atoms with E-state index < -0.39 is 16.4 Å². The number of hydrogen-bond acceptors (Lipinski definition) is 4. The predicted octanol–water partition coefficient (Wildman–Crippen LogP) is 3.92. The van der Waals surface area contributed by atoms with E-state index in [-0.39, 0.29) is 11.7 Å². The van der Waals surface area contributed by atoms with Crippen LogP contribution >= 0.6 is 0 Å². The van der Waals surface area contributed by atoms with Crippen molar-refractivity contribution in [2.75, 3.05) is 12.4 Å². The molecule has 1 atom stereocenters. The average molecular weight is 290 g/mol. The molecule has 0 aromatic heterocycles. The maximum Gasteiger partial charge on any atom is 0.327 e. The predicted molar refractivity (Wildman–Crippen MR) is 78.1 cm³/mol. The standard InChI is InChI=1S/C15H15FN2O3/c1-10(11-6-8-12(21-2)9-7-11)17-14-5-3-4-13(16)15(14)18(19)20/h3-10,17H,1-2H3. The van der Waals surface area contributed by atoms with Crippen LogP contribution < -0.4 is 10.1 Å². The van der Waals surface area contributed by atoms with Crippen LogP contribution in [0.2, 0.25) is 0 Å². The van der Waals surface area contributed by atoms with E-state index in [9.17, 15) is 14.5 Å². The van der Waals surface area contributed by atoms with Crippen molar-refractivity contribution in [1.82, 2.24) is 0 Å². The first kappa shape index (κ1) is 14.8. The van der Waals surface area contributed by atoms with Gasteiger partial charge in [0, 0.05) is 6.04 Å². The number of ether oxygens (including phenoxy) is 1. The van der Waals surface area contributed by atoms with Gasteiger partial charge in [0.05, 0.1) is 12.0 Å². The number of nitro groups is 1. The molecule has 0 aliphatic rings. The summed E-state index contributed by atoms with van der Waals surface area (Å²) in [6.07, 6.45) is 0. The van der Waals surface area contributed by atoms with E-state index in [2.05, 4.69) is 5.32 Å². The van der Waals surface area contributed by atoms with Crippen LogP contribution in [0.5, 0.6) is 5.75 Å². The van der Waals surface area contributed by atoms with E-state index in [1.54, 1.807) is 19.2 Å². The van der Waals surface area contributed by atoms with Gasteiger partial charge < -0.3 is 10.1 Å². The summed E-state index contributed by atoms with van der Waals surface area (Å²) in [6, 6.07) is 11.1. The van der Waals surface area contributed by atoms with Crippen molar-refractivity contribution in [1.29, 1.82) is 0 Å². The fourth-order valence-electron chi connectivity index (χ4n) is 2.03.